The van der Waals surface area contributed by atoms with E-state index in [2.05, 4.69) is 31.2 Å². The molecule has 1 aromatic carbocycles. The Morgan fingerprint density at radius 2 is 1.97 bits per heavy atom. The minimum atomic E-state index is -1.56. The van der Waals surface area contributed by atoms with Gasteiger partial charge in [-0.25, -0.2) is 18.6 Å². The van der Waals surface area contributed by atoms with Crippen molar-refractivity contribution in [2.24, 2.45) is 0 Å². The van der Waals surface area contributed by atoms with Crippen LogP contribution in [0.4, 0.5) is 8.78 Å². The van der Waals surface area contributed by atoms with Crippen molar-refractivity contribution in [3.8, 4) is 0 Å². The quantitative estimate of drug-likeness (QED) is 0.102. The zero-order chi connectivity index (χ0) is 27.8. The van der Waals surface area contributed by atoms with Gasteiger partial charge in [0.1, 0.15) is 12.5 Å². The molecule has 3 aromatic rings. The van der Waals surface area contributed by atoms with Crippen molar-refractivity contribution in [1.29, 1.82) is 0 Å². The summed E-state index contributed by atoms with van der Waals surface area (Å²) in [5.74, 6) is -2.52. The SMILES string of the molecule is C=CC[C@@]1(C(=O)OC)c2ccc(F)cc2C(=O)N1Cc1cc2nc(Cl)c(F)cc2n1COCC[Si](C)(C)C. The lowest BCUT2D eigenvalue weighted by atomic mass is 9.86. The van der Waals surface area contributed by atoms with E-state index in [9.17, 15) is 18.4 Å². The molecule has 1 atom stereocenters. The maximum Gasteiger partial charge on any atom is 0.336 e. The van der Waals surface area contributed by atoms with E-state index < -0.39 is 37.1 Å². The molecular weight excluding hydrogens is 532 g/mol. The van der Waals surface area contributed by atoms with Crippen LogP contribution in [-0.4, -0.2) is 48.1 Å². The lowest BCUT2D eigenvalue weighted by Gasteiger charge is -2.36. The van der Waals surface area contributed by atoms with Gasteiger partial charge in [0.2, 0.25) is 0 Å². The third kappa shape index (κ3) is 5.00. The maximum absolute atomic E-state index is 14.4. The van der Waals surface area contributed by atoms with E-state index in [1.165, 1.54) is 36.3 Å². The molecule has 1 aliphatic rings. The first-order valence-electron chi connectivity index (χ1n) is 12.2. The van der Waals surface area contributed by atoms with Crippen LogP contribution in [0.1, 0.15) is 28.0 Å². The van der Waals surface area contributed by atoms with Gasteiger partial charge in [-0.2, -0.15) is 0 Å². The van der Waals surface area contributed by atoms with Crippen molar-refractivity contribution in [2.75, 3.05) is 13.7 Å². The molecule has 38 heavy (non-hydrogen) atoms. The Morgan fingerprint density at radius 3 is 2.63 bits per heavy atom. The molecule has 0 N–H and O–H groups in total. The van der Waals surface area contributed by atoms with Gasteiger partial charge in [0.05, 0.1) is 24.7 Å². The molecule has 11 heteroatoms. The van der Waals surface area contributed by atoms with Crippen LogP contribution in [0.25, 0.3) is 11.0 Å². The number of rotatable bonds is 10. The molecule has 0 spiro atoms. The topological polar surface area (TPSA) is 73.7 Å². The summed E-state index contributed by atoms with van der Waals surface area (Å²) in [6.07, 6.45) is 1.55. The number of nitrogens with zero attached hydrogens (tertiary/aromatic N) is 3. The molecule has 0 saturated carbocycles. The summed E-state index contributed by atoms with van der Waals surface area (Å²) in [4.78, 5) is 32.5. The molecule has 7 nitrogen and oxygen atoms in total. The molecule has 0 radical (unpaired) electrons. The minimum absolute atomic E-state index is 0.0374. The summed E-state index contributed by atoms with van der Waals surface area (Å²) in [5.41, 5.74) is 0.198. The molecule has 1 amide bonds. The average Bonchev–Trinajstić information content (AvgIpc) is 3.29. The number of hydrogen-bond acceptors (Lipinski definition) is 5. The number of benzene rings is 1. The highest BCUT2D eigenvalue weighted by Gasteiger charge is 2.55. The summed E-state index contributed by atoms with van der Waals surface area (Å²) >= 11 is 5.95. The van der Waals surface area contributed by atoms with Crippen LogP contribution < -0.4 is 0 Å². The lowest BCUT2D eigenvalue weighted by Crippen LogP contribution is -2.50. The van der Waals surface area contributed by atoms with Crippen LogP contribution >= 0.6 is 11.6 Å². The Kier molecular flexibility index (Phi) is 7.78. The standard InChI is InChI=1S/C27H30ClF2N3O4Si/c1-6-9-27(26(35)36-2)20-8-7-17(29)12-19(20)25(34)33(27)15-18-13-22-23(14-21(30)24(28)31-22)32(18)16-37-10-11-38(3,4)5/h6-8,12-14H,1,9-11,15-16H2,2-5H3/t27-/m0/s1. The van der Waals surface area contributed by atoms with Crippen LogP contribution in [0.3, 0.4) is 0 Å². The molecule has 0 aliphatic carbocycles. The van der Waals surface area contributed by atoms with E-state index >= 15 is 0 Å². The van der Waals surface area contributed by atoms with Gasteiger partial charge in [-0.05, 0) is 24.2 Å². The van der Waals surface area contributed by atoms with E-state index in [-0.39, 0.29) is 30.4 Å². The fraction of sp³-hybridized carbons (Fsp3) is 0.370. The summed E-state index contributed by atoms with van der Waals surface area (Å²) in [6.45, 7) is 11.0. The van der Waals surface area contributed by atoms with Gasteiger partial charge in [0.25, 0.3) is 5.91 Å². The number of pyridine rings is 1. The first-order chi connectivity index (χ1) is 17.9. The predicted molar refractivity (Wildman–Crippen MR) is 144 cm³/mol. The van der Waals surface area contributed by atoms with E-state index in [0.717, 1.165) is 12.1 Å². The summed E-state index contributed by atoms with van der Waals surface area (Å²) in [5, 5.41) is -0.281. The van der Waals surface area contributed by atoms with Crippen molar-refractivity contribution < 1.29 is 27.8 Å². The second kappa shape index (κ2) is 10.6. The Balaban J connectivity index is 1.81. The van der Waals surface area contributed by atoms with Gasteiger partial charge in [-0.3, -0.25) is 4.79 Å². The first kappa shape index (κ1) is 27.9. The second-order valence-corrected chi connectivity index (χ2v) is 16.5. The smallest absolute Gasteiger partial charge is 0.336 e. The number of ether oxygens (including phenoxy) is 2. The highest BCUT2D eigenvalue weighted by atomic mass is 35.5. The molecule has 0 fully saturated rings. The zero-order valence-electron chi connectivity index (χ0n) is 21.8. The molecule has 2 aromatic heterocycles. The van der Waals surface area contributed by atoms with Crippen molar-refractivity contribution in [3.63, 3.8) is 0 Å². The first-order valence-corrected chi connectivity index (χ1v) is 16.2. The average molecular weight is 562 g/mol. The number of esters is 1. The number of carbonyl (C=O) groups is 2. The zero-order valence-corrected chi connectivity index (χ0v) is 23.6. The number of aromatic nitrogens is 2. The summed E-state index contributed by atoms with van der Waals surface area (Å²) in [7, 11) is -0.124. The van der Waals surface area contributed by atoms with Gasteiger partial charge in [-0.1, -0.05) is 43.4 Å². The van der Waals surface area contributed by atoms with Crippen LogP contribution in [0.15, 0.2) is 43.0 Å². The molecule has 1 aliphatic heterocycles. The maximum atomic E-state index is 14.4. The van der Waals surface area contributed by atoms with Crippen molar-refractivity contribution in [3.05, 3.63) is 76.6 Å². The van der Waals surface area contributed by atoms with Gasteiger partial charge < -0.3 is 18.9 Å². The summed E-state index contributed by atoms with van der Waals surface area (Å²) < 4.78 is 41.4. The third-order valence-corrected chi connectivity index (χ3v) is 8.71. The van der Waals surface area contributed by atoms with Crippen LogP contribution in [0.2, 0.25) is 30.8 Å². The predicted octanol–water partition coefficient (Wildman–Crippen LogP) is 5.88. The Hall–Kier alpha value is -3.08. The fourth-order valence-corrected chi connectivity index (χ4v) is 5.69. The largest absolute Gasteiger partial charge is 0.467 e. The van der Waals surface area contributed by atoms with Crippen molar-refractivity contribution >= 4 is 42.6 Å². The van der Waals surface area contributed by atoms with Crippen LogP contribution in [-0.2, 0) is 33.1 Å². The van der Waals surface area contributed by atoms with E-state index in [1.807, 2.05) is 0 Å². The molecular formula is C27H30ClF2N3O4Si. The summed E-state index contributed by atoms with van der Waals surface area (Å²) in [6, 6.07) is 7.61. The highest BCUT2D eigenvalue weighted by Crippen LogP contribution is 2.44. The molecule has 3 heterocycles. The molecule has 4 rings (SSSR count). The van der Waals surface area contributed by atoms with Gasteiger partial charge in [-0.15, -0.1) is 6.58 Å². The number of methoxy groups -OCH3 is 1. The number of hydrogen-bond donors (Lipinski definition) is 0. The Bertz CT molecular complexity index is 1420. The Morgan fingerprint density at radius 1 is 1.24 bits per heavy atom. The molecule has 0 bridgehead atoms. The Labute approximate surface area is 226 Å². The van der Waals surface area contributed by atoms with E-state index in [1.54, 1.807) is 10.6 Å². The van der Waals surface area contributed by atoms with E-state index in [0.29, 0.717) is 28.9 Å². The molecule has 0 saturated heterocycles. The highest BCUT2D eigenvalue weighted by molar-refractivity contribution is 6.76. The molecule has 0 unspecified atom stereocenters. The van der Waals surface area contributed by atoms with E-state index in [4.69, 9.17) is 21.1 Å². The monoisotopic (exact) mass is 561 g/mol. The second-order valence-electron chi connectivity index (χ2n) is 10.5. The van der Waals surface area contributed by atoms with Crippen molar-refractivity contribution in [2.45, 2.75) is 50.9 Å². The number of amides is 1. The third-order valence-electron chi connectivity index (χ3n) is 6.75. The number of fused-ring (bicyclic) bond motifs is 2. The van der Waals surface area contributed by atoms with Crippen LogP contribution in [0, 0.1) is 11.6 Å². The molecule has 202 valence electrons. The lowest BCUT2D eigenvalue weighted by molar-refractivity contribution is -0.154. The normalized spacial score (nSPS) is 17.2. The van der Waals surface area contributed by atoms with Crippen molar-refractivity contribution in [1.82, 2.24) is 14.5 Å². The number of carbonyl (C=O) groups excluding carboxylic acids is 2. The minimum Gasteiger partial charge on any atom is -0.467 e. The fourth-order valence-electron chi connectivity index (χ4n) is 4.79. The van der Waals surface area contributed by atoms with Gasteiger partial charge in [0, 0.05) is 44.0 Å². The van der Waals surface area contributed by atoms with Crippen LogP contribution in [0.5, 0.6) is 0 Å². The number of halogens is 3. The van der Waals surface area contributed by atoms with Gasteiger partial charge in [0.15, 0.2) is 16.5 Å². The van der Waals surface area contributed by atoms with Gasteiger partial charge >= 0.3 is 5.97 Å².